The lowest BCUT2D eigenvalue weighted by molar-refractivity contribution is -0.384. The second kappa shape index (κ2) is 7.94. The molecule has 0 aromatic heterocycles. The minimum atomic E-state index is -0.775. The number of hydrogen-bond acceptors (Lipinski definition) is 4. The summed E-state index contributed by atoms with van der Waals surface area (Å²) in [5.74, 6) is -0.703. The van der Waals surface area contributed by atoms with E-state index in [2.05, 4.69) is 5.32 Å². The Morgan fingerprint density at radius 2 is 2.04 bits per heavy atom. The molecule has 0 radical (unpaired) electrons. The molecule has 1 aliphatic heterocycles. The summed E-state index contributed by atoms with van der Waals surface area (Å²) in [6.07, 6.45) is 4.91. The van der Waals surface area contributed by atoms with E-state index >= 15 is 0 Å². The Morgan fingerprint density at radius 1 is 1.30 bits per heavy atom. The summed E-state index contributed by atoms with van der Waals surface area (Å²) in [6, 6.07) is 6.33. The van der Waals surface area contributed by atoms with Gasteiger partial charge in [0.15, 0.2) is 0 Å². The maximum atomic E-state index is 12.3. The number of carbonyl (C=O) groups excluding carboxylic acids is 1. The van der Waals surface area contributed by atoms with Crippen LogP contribution in [0.15, 0.2) is 24.3 Å². The van der Waals surface area contributed by atoms with Gasteiger partial charge in [-0.05, 0) is 43.6 Å². The summed E-state index contributed by atoms with van der Waals surface area (Å²) in [5.41, 5.74) is 0.371. The molecule has 1 saturated carbocycles. The topological polar surface area (TPSA) is 113 Å². The molecule has 2 amide bonds. The Morgan fingerprint density at radius 3 is 2.67 bits per heavy atom. The van der Waals surface area contributed by atoms with Gasteiger partial charge >= 0.3 is 12.0 Å². The molecule has 2 N–H and O–H groups in total. The zero-order valence-corrected chi connectivity index (χ0v) is 15.2. The molecule has 2 atom stereocenters. The minimum absolute atomic E-state index is 0.0721. The van der Waals surface area contributed by atoms with Crippen LogP contribution in [-0.4, -0.2) is 46.6 Å². The normalized spacial score (nSPS) is 23.9. The predicted octanol–water partition coefficient (Wildman–Crippen LogP) is 2.81. The van der Waals surface area contributed by atoms with Gasteiger partial charge in [-0.2, -0.15) is 0 Å². The van der Waals surface area contributed by atoms with Gasteiger partial charge in [0, 0.05) is 31.8 Å². The van der Waals surface area contributed by atoms with Crippen LogP contribution in [0.3, 0.4) is 0 Å². The van der Waals surface area contributed by atoms with E-state index in [-0.39, 0.29) is 17.6 Å². The van der Waals surface area contributed by atoms with Crippen molar-refractivity contribution in [3.63, 3.8) is 0 Å². The molecule has 146 valence electrons. The van der Waals surface area contributed by atoms with E-state index in [9.17, 15) is 24.8 Å². The zero-order chi connectivity index (χ0) is 19.4. The van der Waals surface area contributed by atoms with Gasteiger partial charge in [-0.25, -0.2) is 4.79 Å². The van der Waals surface area contributed by atoms with E-state index in [1.54, 1.807) is 17.0 Å². The first-order valence-corrected chi connectivity index (χ1v) is 9.42. The molecule has 8 heteroatoms. The highest BCUT2D eigenvalue weighted by molar-refractivity contribution is 5.80. The third-order valence-corrected chi connectivity index (χ3v) is 5.90. The van der Waals surface area contributed by atoms with Crippen LogP contribution in [0.5, 0.6) is 0 Å². The highest BCUT2D eigenvalue weighted by Gasteiger charge is 2.55. The van der Waals surface area contributed by atoms with Crippen LogP contribution in [0.1, 0.15) is 37.7 Å². The van der Waals surface area contributed by atoms with Crippen LogP contribution in [0.4, 0.5) is 10.5 Å². The number of carbonyl (C=O) groups is 2. The molecule has 1 aromatic rings. The quantitative estimate of drug-likeness (QED) is 0.432. The fourth-order valence-corrected chi connectivity index (χ4v) is 4.34. The van der Waals surface area contributed by atoms with Crippen molar-refractivity contribution in [1.29, 1.82) is 0 Å². The number of rotatable bonds is 7. The van der Waals surface area contributed by atoms with Crippen LogP contribution in [0, 0.1) is 21.4 Å². The molecule has 1 aliphatic carbocycles. The number of carboxylic acid groups (broad SMARTS) is 1. The number of hydrogen-bond donors (Lipinski definition) is 2. The van der Waals surface area contributed by atoms with Crippen molar-refractivity contribution in [2.75, 3.05) is 19.6 Å². The summed E-state index contributed by atoms with van der Waals surface area (Å²) < 4.78 is 0. The van der Waals surface area contributed by atoms with Gasteiger partial charge in [0.25, 0.3) is 5.69 Å². The number of non-ortho nitro benzene ring substituents is 1. The Balaban J connectivity index is 1.38. The number of aryl methyl sites for hydroxylation is 1. The number of nitrogens with zero attached hydrogens (tertiary/aromatic N) is 2. The molecule has 0 bridgehead atoms. The Hall–Kier alpha value is -2.64. The highest BCUT2D eigenvalue weighted by atomic mass is 16.6. The van der Waals surface area contributed by atoms with E-state index in [1.165, 1.54) is 12.1 Å². The van der Waals surface area contributed by atoms with Crippen molar-refractivity contribution in [3.05, 3.63) is 39.9 Å². The number of unbranched alkanes of at least 4 members (excludes halogenated alkanes) is 1. The SMILES string of the molecule is O=C(NCCCCc1ccc([N+](=O)[O-])cc1)N1C[C@@H]2CCC[C@@]2(C(=O)O)C1. The first-order chi connectivity index (χ1) is 12.9. The number of benzene rings is 1. The lowest BCUT2D eigenvalue weighted by Crippen LogP contribution is -2.41. The number of aliphatic carboxylic acids is 1. The third kappa shape index (κ3) is 4.04. The van der Waals surface area contributed by atoms with Crippen molar-refractivity contribution < 1.29 is 19.6 Å². The maximum absolute atomic E-state index is 12.3. The van der Waals surface area contributed by atoms with Gasteiger partial charge in [0.1, 0.15) is 0 Å². The van der Waals surface area contributed by atoms with Crippen molar-refractivity contribution in [1.82, 2.24) is 10.2 Å². The van der Waals surface area contributed by atoms with Crippen molar-refractivity contribution in [3.8, 4) is 0 Å². The van der Waals surface area contributed by atoms with E-state index in [0.717, 1.165) is 37.7 Å². The van der Waals surface area contributed by atoms with Crippen molar-refractivity contribution in [2.24, 2.45) is 11.3 Å². The molecular formula is C19H25N3O5. The molecule has 2 aliphatic rings. The van der Waals surface area contributed by atoms with Gasteiger partial charge < -0.3 is 15.3 Å². The fraction of sp³-hybridized carbons (Fsp3) is 0.579. The molecule has 8 nitrogen and oxygen atoms in total. The standard InChI is InChI=1S/C19H25N3O5/c23-17(24)19-10-3-5-15(19)12-21(13-19)18(25)20-11-2-1-4-14-6-8-16(9-7-14)22(26)27/h6-9,15H,1-5,10-13H2,(H,20,25)(H,23,24)/t15-,19+/m0/s1. The molecule has 27 heavy (non-hydrogen) atoms. The average molecular weight is 375 g/mol. The third-order valence-electron chi connectivity index (χ3n) is 5.90. The lowest BCUT2D eigenvalue weighted by atomic mass is 9.81. The number of fused-ring (bicyclic) bond motifs is 1. The minimum Gasteiger partial charge on any atom is -0.481 e. The van der Waals surface area contributed by atoms with Crippen LogP contribution in [0.2, 0.25) is 0 Å². The summed E-state index contributed by atoms with van der Waals surface area (Å²) in [5, 5.41) is 23.1. The van der Waals surface area contributed by atoms with E-state index in [1.807, 2.05) is 0 Å². The van der Waals surface area contributed by atoms with Crippen LogP contribution in [-0.2, 0) is 11.2 Å². The molecule has 0 unspecified atom stereocenters. The second-order valence-electron chi connectivity index (χ2n) is 7.54. The second-order valence-corrected chi connectivity index (χ2v) is 7.54. The van der Waals surface area contributed by atoms with Gasteiger partial charge in [-0.1, -0.05) is 18.6 Å². The Labute approximate surface area is 157 Å². The van der Waals surface area contributed by atoms with E-state index in [0.29, 0.717) is 26.1 Å². The number of likely N-dealkylation sites (tertiary alicyclic amines) is 1. The average Bonchev–Trinajstić information content (AvgIpc) is 3.20. The molecule has 1 heterocycles. The van der Waals surface area contributed by atoms with Gasteiger partial charge in [0.05, 0.1) is 10.3 Å². The first kappa shape index (κ1) is 19.1. The van der Waals surface area contributed by atoms with Crippen LogP contribution >= 0.6 is 0 Å². The molecular weight excluding hydrogens is 350 g/mol. The highest BCUT2D eigenvalue weighted by Crippen LogP contribution is 2.48. The first-order valence-electron chi connectivity index (χ1n) is 9.42. The molecule has 0 spiro atoms. The maximum Gasteiger partial charge on any atom is 0.317 e. The lowest BCUT2D eigenvalue weighted by Gasteiger charge is -2.23. The largest absolute Gasteiger partial charge is 0.481 e. The monoisotopic (exact) mass is 375 g/mol. The summed E-state index contributed by atoms with van der Waals surface area (Å²) >= 11 is 0. The molecule has 1 saturated heterocycles. The number of amides is 2. The van der Waals surface area contributed by atoms with Gasteiger partial charge in [0.2, 0.25) is 0 Å². The smallest absolute Gasteiger partial charge is 0.317 e. The predicted molar refractivity (Wildman–Crippen MR) is 98.4 cm³/mol. The van der Waals surface area contributed by atoms with Gasteiger partial charge in [-0.15, -0.1) is 0 Å². The number of nitro groups is 1. The number of urea groups is 1. The van der Waals surface area contributed by atoms with Crippen molar-refractivity contribution >= 4 is 17.7 Å². The summed E-state index contributed by atoms with van der Waals surface area (Å²) in [6.45, 7) is 1.37. The van der Waals surface area contributed by atoms with Gasteiger partial charge in [-0.3, -0.25) is 14.9 Å². The van der Waals surface area contributed by atoms with Crippen LogP contribution < -0.4 is 5.32 Å². The summed E-state index contributed by atoms with van der Waals surface area (Å²) in [4.78, 5) is 35.9. The zero-order valence-electron chi connectivity index (χ0n) is 15.2. The molecule has 3 rings (SSSR count). The van der Waals surface area contributed by atoms with Crippen LogP contribution in [0.25, 0.3) is 0 Å². The molecule has 2 fully saturated rings. The number of nitro benzene ring substituents is 1. The van der Waals surface area contributed by atoms with Crippen molar-refractivity contribution in [2.45, 2.75) is 38.5 Å². The Kier molecular flexibility index (Phi) is 5.62. The van der Waals surface area contributed by atoms with E-state index < -0.39 is 16.3 Å². The van der Waals surface area contributed by atoms with E-state index in [4.69, 9.17) is 0 Å². The number of carboxylic acids is 1. The fourth-order valence-electron chi connectivity index (χ4n) is 4.34. The Bertz CT molecular complexity index is 721. The summed E-state index contributed by atoms with van der Waals surface area (Å²) in [7, 11) is 0. The molecule has 1 aromatic carbocycles. The number of nitrogens with one attached hydrogen (secondary N) is 1.